The fraction of sp³-hybridized carbons (Fsp3) is 0.222. The second kappa shape index (κ2) is 3.45. The number of pyridine rings is 1. The Morgan fingerprint density at radius 2 is 2.43 bits per heavy atom. The maximum atomic E-state index is 11.2. The third kappa shape index (κ3) is 1.44. The van der Waals surface area contributed by atoms with Crippen LogP contribution in [0.3, 0.4) is 0 Å². The summed E-state index contributed by atoms with van der Waals surface area (Å²) in [5.41, 5.74) is 2.20. The smallest absolute Gasteiger partial charge is 0.224 e. The summed E-state index contributed by atoms with van der Waals surface area (Å²) in [7, 11) is 0. The van der Waals surface area contributed by atoms with Gasteiger partial charge in [0.15, 0.2) is 0 Å². The fourth-order valence-electron chi connectivity index (χ4n) is 1.19. The lowest BCUT2D eigenvalue weighted by Crippen LogP contribution is -2.09. The van der Waals surface area contributed by atoms with Crippen molar-refractivity contribution in [2.75, 3.05) is 5.32 Å². The number of anilines is 1. The van der Waals surface area contributed by atoms with Crippen LogP contribution in [-0.2, 0) is 4.79 Å². The summed E-state index contributed by atoms with van der Waals surface area (Å²) in [5.74, 6) is -0.0395. The SMILES string of the molecule is CCC(=O)Nc1cncc2[nH]cnc12. The summed E-state index contributed by atoms with van der Waals surface area (Å²) < 4.78 is 0. The zero-order chi connectivity index (χ0) is 9.97. The molecule has 0 saturated carbocycles. The molecule has 2 rings (SSSR count). The zero-order valence-corrected chi connectivity index (χ0v) is 7.74. The average Bonchev–Trinajstić information content (AvgIpc) is 2.66. The molecule has 72 valence electrons. The van der Waals surface area contributed by atoms with Gasteiger partial charge in [0.25, 0.3) is 0 Å². The Morgan fingerprint density at radius 3 is 3.21 bits per heavy atom. The minimum absolute atomic E-state index is 0.0395. The molecule has 5 heteroatoms. The van der Waals surface area contributed by atoms with E-state index in [9.17, 15) is 4.79 Å². The molecule has 0 spiro atoms. The van der Waals surface area contributed by atoms with Gasteiger partial charge in [-0.3, -0.25) is 9.78 Å². The number of nitrogens with zero attached hydrogens (tertiary/aromatic N) is 2. The quantitative estimate of drug-likeness (QED) is 0.749. The van der Waals surface area contributed by atoms with Crippen LogP contribution in [0.25, 0.3) is 11.0 Å². The van der Waals surface area contributed by atoms with E-state index in [1.54, 1.807) is 25.6 Å². The number of amides is 1. The summed E-state index contributed by atoms with van der Waals surface area (Å²) in [5, 5.41) is 2.74. The van der Waals surface area contributed by atoms with Crippen LogP contribution in [0.2, 0.25) is 0 Å². The third-order valence-corrected chi connectivity index (χ3v) is 1.93. The Labute approximate surface area is 80.6 Å². The van der Waals surface area contributed by atoms with Gasteiger partial charge in [0.2, 0.25) is 5.91 Å². The van der Waals surface area contributed by atoms with Crippen LogP contribution in [0.5, 0.6) is 0 Å². The monoisotopic (exact) mass is 190 g/mol. The lowest BCUT2D eigenvalue weighted by atomic mass is 10.3. The van der Waals surface area contributed by atoms with Crippen molar-refractivity contribution in [3.05, 3.63) is 18.7 Å². The van der Waals surface area contributed by atoms with Crippen molar-refractivity contribution in [3.63, 3.8) is 0 Å². The molecule has 0 atom stereocenters. The Hall–Kier alpha value is -1.91. The maximum absolute atomic E-state index is 11.2. The molecule has 0 fully saturated rings. The molecule has 2 aromatic heterocycles. The maximum Gasteiger partial charge on any atom is 0.224 e. The van der Waals surface area contributed by atoms with E-state index >= 15 is 0 Å². The number of rotatable bonds is 2. The molecule has 5 nitrogen and oxygen atoms in total. The van der Waals surface area contributed by atoms with Crippen LogP contribution in [-0.4, -0.2) is 20.9 Å². The van der Waals surface area contributed by atoms with Crippen LogP contribution in [0, 0.1) is 0 Å². The Kier molecular flexibility index (Phi) is 2.14. The highest BCUT2D eigenvalue weighted by atomic mass is 16.1. The van der Waals surface area contributed by atoms with E-state index in [4.69, 9.17) is 0 Å². The van der Waals surface area contributed by atoms with Gasteiger partial charge in [-0.1, -0.05) is 6.92 Å². The number of hydrogen-bond acceptors (Lipinski definition) is 3. The predicted octanol–water partition coefficient (Wildman–Crippen LogP) is 1.31. The Morgan fingerprint density at radius 1 is 1.57 bits per heavy atom. The molecule has 0 unspecified atom stereocenters. The molecular weight excluding hydrogens is 180 g/mol. The average molecular weight is 190 g/mol. The van der Waals surface area contributed by atoms with Crippen LogP contribution in [0.4, 0.5) is 5.69 Å². The van der Waals surface area contributed by atoms with E-state index in [1.165, 1.54) is 0 Å². The number of carbonyl (C=O) groups is 1. The normalized spacial score (nSPS) is 10.4. The molecule has 2 N–H and O–H groups in total. The molecular formula is C9H10N4O. The molecule has 1 amide bonds. The summed E-state index contributed by atoms with van der Waals surface area (Å²) in [6.07, 6.45) is 5.29. The summed E-state index contributed by atoms with van der Waals surface area (Å²) in [6.45, 7) is 1.80. The van der Waals surface area contributed by atoms with Gasteiger partial charge in [0.1, 0.15) is 5.52 Å². The minimum Gasteiger partial charge on any atom is -0.343 e. The Balaban J connectivity index is 2.41. The van der Waals surface area contributed by atoms with Gasteiger partial charge in [-0.2, -0.15) is 0 Å². The van der Waals surface area contributed by atoms with Crippen molar-refractivity contribution in [1.82, 2.24) is 15.0 Å². The van der Waals surface area contributed by atoms with Crippen molar-refractivity contribution >= 4 is 22.6 Å². The van der Waals surface area contributed by atoms with Crippen molar-refractivity contribution < 1.29 is 4.79 Å². The zero-order valence-electron chi connectivity index (χ0n) is 7.74. The van der Waals surface area contributed by atoms with E-state index in [1.807, 2.05) is 0 Å². The van der Waals surface area contributed by atoms with Gasteiger partial charge >= 0.3 is 0 Å². The molecule has 2 aromatic rings. The van der Waals surface area contributed by atoms with Gasteiger partial charge in [0, 0.05) is 6.42 Å². The first-order valence-corrected chi connectivity index (χ1v) is 4.38. The van der Waals surface area contributed by atoms with Gasteiger partial charge in [0.05, 0.1) is 29.9 Å². The molecule has 14 heavy (non-hydrogen) atoms. The number of H-pyrrole nitrogens is 1. The van der Waals surface area contributed by atoms with E-state index in [0.717, 1.165) is 11.0 Å². The van der Waals surface area contributed by atoms with Gasteiger partial charge in [-0.15, -0.1) is 0 Å². The van der Waals surface area contributed by atoms with Crippen LogP contribution in [0.1, 0.15) is 13.3 Å². The lowest BCUT2D eigenvalue weighted by Gasteiger charge is -2.02. The van der Waals surface area contributed by atoms with Crippen molar-refractivity contribution in [2.45, 2.75) is 13.3 Å². The first-order chi connectivity index (χ1) is 6.81. The molecule has 2 heterocycles. The highest BCUT2D eigenvalue weighted by Gasteiger charge is 2.05. The molecule has 0 saturated heterocycles. The number of fused-ring (bicyclic) bond motifs is 1. The van der Waals surface area contributed by atoms with Crippen LogP contribution >= 0.6 is 0 Å². The second-order valence-electron chi connectivity index (χ2n) is 2.89. The molecule has 0 aliphatic heterocycles. The standard InChI is InChI=1S/C9H10N4O/c1-2-8(14)13-7-4-10-3-6-9(7)12-5-11-6/h3-5H,2H2,1H3,(H,11,12)(H,13,14). The molecule has 0 aliphatic rings. The van der Waals surface area contributed by atoms with Crippen molar-refractivity contribution in [2.24, 2.45) is 0 Å². The van der Waals surface area contributed by atoms with Gasteiger partial charge in [-0.05, 0) is 0 Å². The molecule has 0 aromatic carbocycles. The lowest BCUT2D eigenvalue weighted by molar-refractivity contribution is -0.115. The van der Waals surface area contributed by atoms with E-state index < -0.39 is 0 Å². The molecule has 0 aliphatic carbocycles. The largest absolute Gasteiger partial charge is 0.343 e. The van der Waals surface area contributed by atoms with Crippen molar-refractivity contribution in [3.8, 4) is 0 Å². The summed E-state index contributed by atoms with van der Waals surface area (Å²) in [6, 6.07) is 0. The van der Waals surface area contributed by atoms with Crippen LogP contribution < -0.4 is 5.32 Å². The fourth-order valence-corrected chi connectivity index (χ4v) is 1.19. The van der Waals surface area contributed by atoms with E-state index in [2.05, 4.69) is 20.3 Å². The number of nitrogens with one attached hydrogen (secondary N) is 2. The minimum atomic E-state index is -0.0395. The highest BCUT2D eigenvalue weighted by molar-refractivity contribution is 5.98. The van der Waals surface area contributed by atoms with E-state index in [-0.39, 0.29) is 5.91 Å². The van der Waals surface area contributed by atoms with Gasteiger partial charge < -0.3 is 10.3 Å². The van der Waals surface area contributed by atoms with Crippen LogP contribution in [0.15, 0.2) is 18.7 Å². The first kappa shape index (κ1) is 8.68. The second-order valence-corrected chi connectivity index (χ2v) is 2.89. The van der Waals surface area contributed by atoms with Gasteiger partial charge in [-0.25, -0.2) is 4.98 Å². The molecule has 0 radical (unpaired) electrons. The number of hydrogen-bond donors (Lipinski definition) is 2. The first-order valence-electron chi connectivity index (χ1n) is 4.38. The summed E-state index contributed by atoms with van der Waals surface area (Å²) in [4.78, 5) is 22.2. The number of aromatic amines is 1. The number of aromatic nitrogens is 3. The number of carbonyl (C=O) groups excluding carboxylic acids is 1. The third-order valence-electron chi connectivity index (χ3n) is 1.93. The van der Waals surface area contributed by atoms with Crippen molar-refractivity contribution in [1.29, 1.82) is 0 Å². The topological polar surface area (TPSA) is 70.7 Å². The Bertz CT molecular complexity index is 463. The highest BCUT2D eigenvalue weighted by Crippen LogP contribution is 2.17. The predicted molar refractivity (Wildman–Crippen MR) is 52.8 cm³/mol. The summed E-state index contributed by atoms with van der Waals surface area (Å²) >= 11 is 0. The number of imidazole rings is 1. The van der Waals surface area contributed by atoms with E-state index in [0.29, 0.717) is 12.1 Å². The molecule has 0 bridgehead atoms.